The van der Waals surface area contributed by atoms with Gasteiger partial charge in [-0.2, -0.15) is 5.10 Å². The van der Waals surface area contributed by atoms with Gasteiger partial charge in [-0.1, -0.05) is 0 Å². The summed E-state index contributed by atoms with van der Waals surface area (Å²) in [6.07, 6.45) is 6.12. The molecule has 0 saturated carbocycles. The van der Waals surface area contributed by atoms with Crippen molar-refractivity contribution in [1.29, 1.82) is 0 Å². The van der Waals surface area contributed by atoms with E-state index in [0.29, 0.717) is 11.6 Å². The van der Waals surface area contributed by atoms with Crippen LogP contribution in [0.5, 0.6) is 0 Å². The molecule has 5 nitrogen and oxygen atoms in total. The molecule has 1 unspecified atom stereocenters. The van der Waals surface area contributed by atoms with Gasteiger partial charge < -0.3 is 10.2 Å². The highest BCUT2D eigenvalue weighted by Gasteiger charge is 2.28. The van der Waals surface area contributed by atoms with Crippen LogP contribution < -0.4 is 5.32 Å². The lowest BCUT2D eigenvalue weighted by Crippen LogP contribution is -2.44. The Morgan fingerprint density at radius 2 is 2.44 bits per heavy atom. The third kappa shape index (κ3) is 2.72. The van der Waals surface area contributed by atoms with Crippen molar-refractivity contribution in [2.24, 2.45) is 0 Å². The van der Waals surface area contributed by atoms with Crippen LogP contribution in [-0.4, -0.2) is 47.2 Å². The largest absolute Gasteiger partial charge is 0.336 e. The number of nitrogens with zero attached hydrogens (tertiary/aromatic N) is 2. The number of amides is 1. The summed E-state index contributed by atoms with van der Waals surface area (Å²) in [7, 11) is 1.95. The molecule has 0 aliphatic carbocycles. The molecule has 0 bridgehead atoms. The van der Waals surface area contributed by atoms with Crippen LogP contribution in [0, 0.1) is 6.92 Å². The summed E-state index contributed by atoms with van der Waals surface area (Å²) in [5.41, 5.74) is 1.57. The minimum atomic E-state index is 0.127. The molecule has 2 rings (SSSR count). The summed E-state index contributed by atoms with van der Waals surface area (Å²) in [5.74, 6) is 0.127. The lowest BCUT2D eigenvalue weighted by atomic mass is 9.98. The Bertz CT molecular complexity index is 401. The molecule has 1 fully saturated rings. The maximum Gasteiger partial charge on any atom is 0.257 e. The zero-order valence-corrected chi connectivity index (χ0v) is 11.2. The van der Waals surface area contributed by atoms with E-state index in [1.165, 1.54) is 6.42 Å². The highest BCUT2D eigenvalue weighted by molar-refractivity contribution is 5.95. The molecular weight excluding hydrogens is 228 g/mol. The predicted octanol–water partition coefficient (Wildman–Crippen LogP) is 1.32. The van der Waals surface area contributed by atoms with E-state index in [9.17, 15) is 4.79 Å². The van der Waals surface area contributed by atoms with Gasteiger partial charge in [0.15, 0.2) is 0 Å². The molecule has 1 amide bonds. The normalized spacial score (nSPS) is 20.1. The first-order chi connectivity index (χ1) is 8.74. The first-order valence-corrected chi connectivity index (χ1v) is 6.69. The molecule has 0 aromatic carbocycles. The van der Waals surface area contributed by atoms with Crippen molar-refractivity contribution in [3.63, 3.8) is 0 Å². The van der Waals surface area contributed by atoms with Gasteiger partial charge in [-0.05, 0) is 46.2 Å². The van der Waals surface area contributed by atoms with Crippen molar-refractivity contribution < 1.29 is 4.79 Å². The van der Waals surface area contributed by atoms with Gasteiger partial charge >= 0.3 is 0 Å². The van der Waals surface area contributed by atoms with Crippen LogP contribution in [0.2, 0.25) is 0 Å². The molecule has 1 saturated heterocycles. The fraction of sp³-hybridized carbons (Fsp3) is 0.692. The average Bonchev–Trinajstić information content (AvgIpc) is 2.82. The quantitative estimate of drug-likeness (QED) is 0.847. The van der Waals surface area contributed by atoms with E-state index in [1.807, 2.05) is 18.9 Å². The van der Waals surface area contributed by atoms with Crippen molar-refractivity contribution in [3.8, 4) is 0 Å². The molecule has 18 heavy (non-hydrogen) atoms. The fourth-order valence-electron chi connectivity index (χ4n) is 2.60. The van der Waals surface area contributed by atoms with E-state index < -0.39 is 0 Å². The van der Waals surface area contributed by atoms with Crippen LogP contribution in [0.4, 0.5) is 0 Å². The minimum Gasteiger partial charge on any atom is -0.336 e. The maximum absolute atomic E-state index is 12.5. The van der Waals surface area contributed by atoms with Crippen LogP contribution >= 0.6 is 0 Å². The summed E-state index contributed by atoms with van der Waals surface area (Å²) < 4.78 is 0. The number of aromatic nitrogens is 2. The standard InChI is InChI=1S/C13H22N4O/c1-10-12(9-15-16-10)13(18)17-8-4-3-5-11(17)6-7-14-2/h9,11,14H,3-8H2,1-2H3,(H,15,16). The lowest BCUT2D eigenvalue weighted by molar-refractivity contribution is 0.0602. The second kappa shape index (κ2) is 6.00. The van der Waals surface area contributed by atoms with Crippen LogP contribution in [0.3, 0.4) is 0 Å². The van der Waals surface area contributed by atoms with Crippen molar-refractivity contribution in [3.05, 3.63) is 17.5 Å². The van der Waals surface area contributed by atoms with Gasteiger partial charge in [-0.15, -0.1) is 0 Å². The molecule has 2 heterocycles. The number of piperidine rings is 1. The predicted molar refractivity (Wildman–Crippen MR) is 70.5 cm³/mol. The topological polar surface area (TPSA) is 61.0 Å². The summed E-state index contributed by atoms with van der Waals surface area (Å²) in [4.78, 5) is 14.5. The van der Waals surface area contributed by atoms with Crippen molar-refractivity contribution in [2.75, 3.05) is 20.1 Å². The number of rotatable bonds is 4. The van der Waals surface area contributed by atoms with E-state index in [2.05, 4.69) is 15.5 Å². The highest BCUT2D eigenvalue weighted by Crippen LogP contribution is 2.22. The Kier molecular flexibility index (Phi) is 4.36. The maximum atomic E-state index is 12.5. The zero-order chi connectivity index (χ0) is 13.0. The average molecular weight is 250 g/mol. The van der Waals surface area contributed by atoms with Gasteiger partial charge in [0.1, 0.15) is 0 Å². The number of H-pyrrole nitrogens is 1. The highest BCUT2D eigenvalue weighted by atomic mass is 16.2. The third-order valence-corrected chi connectivity index (χ3v) is 3.68. The van der Waals surface area contributed by atoms with Gasteiger partial charge in [-0.25, -0.2) is 0 Å². The summed E-state index contributed by atoms with van der Waals surface area (Å²) in [5, 5.41) is 9.94. The number of nitrogens with one attached hydrogen (secondary N) is 2. The number of hydrogen-bond donors (Lipinski definition) is 2. The molecule has 1 aliphatic rings. The monoisotopic (exact) mass is 250 g/mol. The molecule has 1 atom stereocenters. The Hall–Kier alpha value is -1.36. The second-order valence-corrected chi connectivity index (χ2v) is 4.95. The summed E-state index contributed by atoms with van der Waals surface area (Å²) in [6, 6.07) is 0.369. The van der Waals surface area contributed by atoms with Crippen LogP contribution in [0.15, 0.2) is 6.20 Å². The van der Waals surface area contributed by atoms with E-state index in [-0.39, 0.29) is 5.91 Å². The van der Waals surface area contributed by atoms with Crippen LogP contribution in [0.25, 0.3) is 0 Å². The van der Waals surface area contributed by atoms with Crippen molar-refractivity contribution in [1.82, 2.24) is 20.4 Å². The first-order valence-electron chi connectivity index (χ1n) is 6.69. The van der Waals surface area contributed by atoms with Crippen molar-refractivity contribution in [2.45, 2.75) is 38.6 Å². The number of aromatic amines is 1. The molecule has 100 valence electrons. The SMILES string of the molecule is CNCCC1CCCCN1C(=O)c1cn[nH]c1C. The smallest absolute Gasteiger partial charge is 0.257 e. The molecular formula is C13H22N4O. The van der Waals surface area contributed by atoms with Crippen LogP contribution in [0.1, 0.15) is 41.7 Å². The Morgan fingerprint density at radius 3 is 3.11 bits per heavy atom. The molecule has 1 aromatic heterocycles. The second-order valence-electron chi connectivity index (χ2n) is 4.95. The Balaban J connectivity index is 2.08. The van der Waals surface area contributed by atoms with Gasteiger partial charge in [0, 0.05) is 18.3 Å². The van der Waals surface area contributed by atoms with Crippen molar-refractivity contribution >= 4 is 5.91 Å². The van der Waals surface area contributed by atoms with Crippen LogP contribution in [-0.2, 0) is 0 Å². The van der Waals surface area contributed by atoms with E-state index >= 15 is 0 Å². The van der Waals surface area contributed by atoms with E-state index in [4.69, 9.17) is 0 Å². The molecule has 0 spiro atoms. The van der Waals surface area contributed by atoms with Gasteiger partial charge in [0.05, 0.1) is 11.8 Å². The molecule has 2 N–H and O–H groups in total. The fourth-order valence-corrected chi connectivity index (χ4v) is 2.60. The number of aryl methyl sites for hydroxylation is 1. The van der Waals surface area contributed by atoms with Gasteiger partial charge in [0.25, 0.3) is 5.91 Å². The number of carbonyl (C=O) groups is 1. The molecule has 1 aliphatic heterocycles. The Labute approximate surface area is 108 Å². The summed E-state index contributed by atoms with van der Waals surface area (Å²) >= 11 is 0. The third-order valence-electron chi connectivity index (χ3n) is 3.68. The Morgan fingerprint density at radius 1 is 1.61 bits per heavy atom. The number of hydrogen-bond acceptors (Lipinski definition) is 3. The molecule has 5 heteroatoms. The molecule has 1 aromatic rings. The molecule has 0 radical (unpaired) electrons. The zero-order valence-electron chi connectivity index (χ0n) is 11.2. The minimum absolute atomic E-state index is 0.127. The lowest BCUT2D eigenvalue weighted by Gasteiger charge is -2.35. The van der Waals surface area contributed by atoms with Gasteiger partial charge in [0.2, 0.25) is 0 Å². The summed E-state index contributed by atoms with van der Waals surface area (Å²) in [6.45, 7) is 3.73. The van der Waals surface area contributed by atoms with E-state index in [1.54, 1.807) is 6.20 Å². The number of likely N-dealkylation sites (tertiary alicyclic amines) is 1. The first kappa shape index (κ1) is 13.1. The number of carbonyl (C=O) groups excluding carboxylic acids is 1. The van der Waals surface area contributed by atoms with E-state index in [0.717, 1.165) is 38.0 Å². The van der Waals surface area contributed by atoms with Gasteiger partial charge in [-0.3, -0.25) is 9.89 Å².